The summed E-state index contributed by atoms with van der Waals surface area (Å²) >= 11 is 0. The van der Waals surface area contributed by atoms with Gasteiger partial charge in [0, 0.05) is 5.56 Å². The summed E-state index contributed by atoms with van der Waals surface area (Å²) in [6.07, 6.45) is -4.42. The Morgan fingerprint density at radius 2 is 1.50 bits per heavy atom. The highest BCUT2D eigenvalue weighted by atomic mass is 28.3. The van der Waals surface area contributed by atoms with E-state index < -0.39 is 33.5 Å². The molecular formula is C22H29F3OSi2. The summed E-state index contributed by atoms with van der Waals surface area (Å²) in [5, 5.41) is 1.52. The van der Waals surface area contributed by atoms with Crippen molar-refractivity contribution in [3.63, 3.8) is 0 Å². The molecule has 6 heteroatoms. The summed E-state index contributed by atoms with van der Waals surface area (Å²) in [4.78, 5) is 0. The molecular weight excluding hydrogens is 393 g/mol. The number of rotatable bonds is 3. The van der Waals surface area contributed by atoms with E-state index in [1.165, 1.54) is 0 Å². The number of benzene rings is 2. The van der Waals surface area contributed by atoms with E-state index in [-0.39, 0.29) is 6.61 Å². The van der Waals surface area contributed by atoms with Gasteiger partial charge in [0.05, 0.1) is 28.3 Å². The van der Waals surface area contributed by atoms with E-state index in [4.69, 9.17) is 4.74 Å². The summed E-state index contributed by atoms with van der Waals surface area (Å²) in [5.74, 6) is 0. The molecule has 0 aromatic heterocycles. The lowest BCUT2D eigenvalue weighted by Crippen LogP contribution is -2.59. The van der Waals surface area contributed by atoms with Crippen LogP contribution < -0.4 is 10.4 Å². The number of hydrogen-bond donors (Lipinski definition) is 0. The van der Waals surface area contributed by atoms with Crippen molar-refractivity contribution in [2.24, 2.45) is 0 Å². The molecule has 1 heterocycles. The number of hydrogen-bond acceptors (Lipinski definition) is 1. The average molecular weight is 423 g/mol. The van der Waals surface area contributed by atoms with Crippen molar-refractivity contribution in [1.82, 2.24) is 0 Å². The quantitative estimate of drug-likeness (QED) is 0.586. The normalized spacial score (nSPS) is 20.4. The highest BCUT2D eigenvalue weighted by Crippen LogP contribution is 2.47. The van der Waals surface area contributed by atoms with Crippen LogP contribution >= 0.6 is 0 Å². The fourth-order valence-corrected chi connectivity index (χ4v) is 9.96. The van der Waals surface area contributed by atoms with Crippen LogP contribution in [0.25, 0.3) is 0 Å². The molecule has 0 radical (unpaired) electrons. The van der Waals surface area contributed by atoms with Gasteiger partial charge in [0.15, 0.2) is 0 Å². The molecule has 152 valence electrons. The fraction of sp³-hybridized carbons (Fsp3) is 0.455. The van der Waals surface area contributed by atoms with E-state index in [0.29, 0.717) is 16.3 Å². The van der Waals surface area contributed by atoms with E-state index >= 15 is 0 Å². The predicted molar refractivity (Wildman–Crippen MR) is 115 cm³/mol. The second-order valence-electron chi connectivity index (χ2n) is 9.89. The van der Waals surface area contributed by atoms with Crippen LogP contribution in [0.15, 0.2) is 36.4 Å². The summed E-state index contributed by atoms with van der Waals surface area (Å²) in [6, 6.07) is 11.3. The standard InChI is InChI=1S/C22H29F3OSi2/c1-21(16-11-9-8-10-12-16)18-15(14-26-21)13-17(27(2,3)4)20(28(5,6)7)19(18)22(23,24)25/h8-13H,14H2,1-7H3. The van der Waals surface area contributed by atoms with Gasteiger partial charge >= 0.3 is 6.18 Å². The Hall–Kier alpha value is -1.38. The van der Waals surface area contributed by atoms with Gasteiger partial charge in [-0.2, -0.15) is 13.2 Å². The zero-order valence-electron chi connectivity index (χ0n) is 17.7. The topological polar surface area (TPSA) is 9.23 Å². The molecule has 0 N–H and O–H groups in total. The van der Waals surface area contributed by atoms with Crippen molar-refractivity contribution in [3.8, 4) is 0 Å². The number of fused-ring (bicyclic) bond motifs is 1. The molecule has 0 spiro atoms. The van der Waals surface area contributed by atoms with Crippen LogP contribution in [0.3, 0.4) is 0 Å². The Morgan fingerprint density at radius 3 is 1.96 bits per heavy atom. The summed E-state index contributed by atoms with van der Waals surface area (Å²) in [5.41, 5.74) is 0.268. The average Bonchev–Trinajstić information content (AvgIpc) is 2.90. The lowest BCUT2D eigenvalue weighted by atomic mass is 9.84. The molecule has 1 aliphatic heterocycles. The largest absolute Gasteiger partial charge is 0.416 e. The van der Waals surface area contributed by atoms with E-state index in [0.717, 1.165) is 10.8 Å². The Bertz CT molecular complexity index is 893. The monoisotopic (exact) mass is 422 g/mol. The van der Waals surface area contributed by atoms with Gasteiger partial charge in [-0.05, 0) is 23.2 Å². The van der Waals surface area contributed by atoms with Crippen molar-refractivity contribution in [2.45, 2.75) is 64.6 Å². The highest BCUT2D eigenvalue weighted by molar-refractivity contribution is 6.98. The molecule has 3 rings (SSSR count). The van der Waals surface area contributed by atoms with E-state index in [9.17, 15) is 13.2 Å². The minimum atomic E-state index is -4.42. The van der Waals surface area contributed by atoms with Crippen LogP contribution in [0.2, 0.25) is 39.3 Å². The third-order valence-electron chi connectivity index (χ3n) is 5.57. The summed E-state index contributed by atoms with van der Waals surface area (Å²) in [6.45, 7) is 14.4. The molecule has 2 aromatic carbocycles. The second-order valence-corrected chi connectivity index (χ2v) is 19.9. The Morgan fingerprint density at radius 1 is 0.929 bits per heavy atom. The molecule has 0 amide bonds. The van der Waals surface area contributed by atoms with Gasteiger partial charge < -0.3 is 4.74 Å². The van der Waals surface area contributed by atoms with Gasteiger partial charge in [0.25, 0.3) is 0 Å². The Balaban J connectivity index is 2.48. The van der Waals surface area contributed by atoms with Gasteiger partial charge in [0.2, 0.25) is 0 Å². The minimum absolute atomic E-state index is 0.216. The van der Waals surface area contributed by atoms with Crippen molar-refractivity contribution in [1.29, 1.82) is 0 Å². The first-order valence-corrected chi connectivity index (χ1v) is 16.7. The van der Waals surface area contributed by atoms with Gasteiger partial charge in [-0.3, -0.25) is 0 Å². The van der Waals surface area contributed by atoms with Crippen LogP contribution in [-0.2, 0) is 23.1 Å². The number of halogens is 3. The lowest BCUT2D eigenvalue weighted by Gasteiger charge is -2.35. The van der Waals surface area contributed by atoms with E-state index in [1.54, 1.807) is 6.92 Å². The summed E-state index contributed by atoms with van der Waals surface area (Å²) < 4.78 is 50.0. The van der Waals surface area contributed by atoms with Gasteiger partial charge in [0.1, 0.15) is 5.60 Å². The smallest absolute Gasteiger partial charge is 0.361 e. The third kappa shape index (κ3) is 3.50. The molecule has 28 heavy (non-hydrogen) atoms. The molecule has 0 fully saturated rings. The van der Waals surface area contributed by atoms with Crippen LogP contribution in [0.1, 0.15) is 29.2 Å². The Labute approximate surface area is 168 Å². The molecule has 0 saturated carbocycles. The van der Waals surface area contributed by atoms with E-state index in [1.807, 2.05) is 56.0 Å². The van der Waals surface area contributed by atoms with Crippen LogP contribution in [0.4, 0.5) is 13.2 Å². The SMILES string of the molecule is CC1(c2ccccc2)OCc2cc([Si](C)(C)C)c([Si](C)(C)C)c(C(F)(F)F)c21. The third-order valence-corrected chi connectivity index (χ3v) is 9.85. The first-order valence-electron chi connectivity index (χ1n) is 9.65. The second kappa shape index (κ2) is 6.57. The van der Waals surface area contributed by atoms with Crippen LogP contribution in [0.5, 0.6) is 0 Å². The van der Waals surface area contributed by atoms with Crippen molar-refractivity contribution < 1.29 is 17.9 Å². The maximum atomic E-state index is 14.6. The molecule has 1 unspecified atom stereocenters. The van der Waals surface area contributed by atoms with Crippen molar-refractivity contribution in [2.75, 3.05) is 0 Å². The molecule has 0 bridgehead atoms. The van der Waals surface area contributed by atoms with Gasteiger partial charge in [-0.25, -0.2) is 0 Å². The molecule has 0 saturated heterocycles. The maximum absolute atomic E-state index is 14.6. The number of alkyl halides is 3. The van der Waals surface area contributed by atoms with Crippen molar-refractivity contribution in [3.05, 3.63) is 58.7 Å². The zero-order chi connectivity index (χ0) is 21.1. The Kier molecular flexibility index (Phi) is 5.01. The predicted octanol–water partition coefficient (Wildman–Crippen LogP) is 5.59. The highest BCUT2D eigenvalue weighted by Gasteiger charge is 2.50. The maximum Gasteiger partial charge on any atom is 0.416 e. The molecule has 0 aliphatic carbocycles. The minimum Gasteiger partial charge on any atom is -0.361 e. The molecule has 1 atom stereocenters. The van der Waals surface area contributed by atoms with Gasteiger partial charge in [-0.15, -0.1) is 0 Å². The first kappa shape index (κ1) is 21.3. The summed E-state index contributed by atoms with van der Waals surface area (Å²) in [7, 11) is -4.28. The van der Waals surface area contributed by atoms with Crippen LogP contribution in [-0.4, -0.2) is 16.1 Å². The van der Waals surface area contributed by atoms with Crippen molar-refractivity contribution >= 4 is 26.5 Å². The van der Waals surface area contributed by atoms with E-state index in [2.05, 4.69) is 19.6 Å². The van der Waals surface area contributed by atoms with Gasteiger partial charge in [-0.1, -0.05) is 80.9 Å². The molecule has 1 aliphatic rings. The molecule has 2 aromatic rings. The zero-order valence-corrected chi connectivity index (χ0v) is 19.7. The first-order chi connectivity index (χ1) is 12.7. The fourth-order valence-electron chi connectivity index (χ4n) is 4.33. The lowest BCUT2D eigenvalue weighted by molar-refractivity contribution is -0.139. The number of ether oxygens (including phenoxy) is 1. The van der Waals surface area contributed by atoms with Crippen LogP contribution in [0, 0.1) is 0 Å². The molecule has 1 nitrogen and oxygen atoms in total.